The highest BCUT2D eigenvalue weighted by Crippen LogP contribution is 2.25. The molecule has 0 radical (unpaired) electrons. The average molecular weight is 383 g/mol. The lowest BCUT2D eigenvalue weighted by Crippen LogP contribution is -2.60. The van der Waals surface area contributed by atoms with Gasteiger partial charge < -0.3 is 19.5 Å². The van der Waals surface area contributed by atoms with E-state index in [9.17, 15) is 9.59 Å². The first-order valence-corrected chi connectivity index (χ1v) is 10.2. The van der Waals surface area contributed by atoms with Gasteiger partial charge in [0.15, 0.2) is 5.60 Å². The maximum absolute atomic E-state index is 13.2. The Morgan fingerprint density at radius 1 is 1.21 bits per heavy atom. The Balaban J connectivity index is 1.53. The number of rotatable bonds is 3. The van der Waals surface area contributed by atoms with Crippen LogP contribution < -0.4 is 5.32 Å². The van der Waals surface area contributed by atoms with E-state index < -0.39 is 5.60 Å². The second-order valence-corrected chi connectivity index (χ2v) is 8.41. The van der Waals surface area contributed by atoms with Gasteiger partial charge in [-0.15, -0.1) is 0 Å². The molecule has 1 aliphatic heterocycles. The van der Waals surface area contributed by atoms with Crippen molar-refractivity contribution in [1.82, 2.24) is 14.8 Å². The first-order chi connectivity index (χ1) is 13.4. The van der Waals surface area contributed by atoms with Crippen LogP contribution in [0.25, 0.3) is 10.9 Å². The molecule has 2 aromatic rings. The number of carbonyl (C=O) groups excluding carboxylic acids is 2. The number of ether oxygens (including phenoxy) is 1. The summed E-state index contributed by atoms with van der Waals surface area (Å²) in [5.74, 6) is -0.163. The molecule has 2 fully saturated rings. The third-order valence-electron chi connectivity index (χ3n) is 6.15. The van der Waals surface area contributed by atoms with Crippen molar-refractivity contribution >= 4 is 22.7 Å². The molecule has 0 bridgehead atoms. The zero-order valence-electron chi connectivity index (χ0n) is 17.0. The molecule has 6 heteroatoms. The summed E-state index contributed by atoms with van der Waals surface area (Å²) in [6, 6.07) is 8.36. The lowest BCUT2D eigenvalue weighted by Gasteiger charge is -2.39. The van der Waals surface area contributed by atoms with E-state index in [2.05, 4.69) is 17.4 Å². The highest BCUT2D eigenvalue weighted by molar-refractivity contribution is 5.99. The summed E-state index contributed by atoms with van der Waals surface area (Å²) in [5.41, 5.74) is 1.84. The van der Waals surface area contributed by atoms with Gasteiger partial charge in [-0.2, -0.15) is 0 Å². The third kappa shape index (κ3) is 3.41. The van der Waals surface area contributed by atoms with Crippen LogP contribution >= 0.6 is 0 Å². The minimum Gasteiger partial charge on any atom is -0.362 e. The molecule has 1 N–H and O–H groups in total. The normalized spacial score (nSPS) is 23.3. The molecule has 0 spiro atoms. The van der Waals surface area contributed by atoms with Crippen LogP contribution in [0.1, 0.15) is 48.7 Å². The van der Waals surface area contributed by atoms with Gasteiger partial charge in [0.2, 0.25) is 0 Å². The number of hydrogen-bond acceptors (Lipinski definition) is 3. The van der Waals surface area contributed by atoms with Gasteiger partial charge in [0, 0.05) is 30.5 Å². The highest BCUT2D eigenvalue weighted by Gasteiger charge is 2.42. The van der Waals surface area contributed by atoms with Crippen molar-refractivity contribution < 1.29 is 14.3 Å². The van der Waals surface area contributed by atoms with Crippen LogP contribution in [0.4, 0.5) is 0 Å². The molecule has 1 atom stereocenters. The SMILES string of the molecule is Cc1ccc2c(c1)cc(C(=O)N1CCO[C@](C)(C(=O)NC3CCCC3)C1)n2C. The number of nitrogens with one attached hydrogen (secondary N) is 1. The number of aryl methyl sites for hydroxylation is 2. The van der Waals surface area contributed by atoms with Crippen LogP contribution in [-0.2, 0) is 16.6 Å². The van der Waals surface area contributed by atoms with E-state index in [-0.39, 0.29) is 24.4 Å². The smallest absolute Gasteiger partial charge is 0.270 e. The molecule has 1 saturated heterocycles. The minimum absolute atomic E-state index is 0.0560. The number of nitrogens with zero attached hydrogens (tertiary/aromatic N) is 2. The van der Waals surface area contributed by atoms with Gasteiger partial charge in [-0.1, -0.05) is 24.5 Å². The Bertz CT molecular complexity index is 913. The van der Waals surface area contributed by atoms with Crippen molar-refractivity contribution in [3.8, 4) is 0 Å². The summed E-state index contributed by atoms with van der Waals surface area (Å²) in [6.07, 6.45) is 4.38. The maximum atomic E-state index is 13.2. The van der Waals surface area contributed by atoms with E-state index >= 15 is 0 Å². The fourth-order valence-corrected chi connectivity index (χ4v) is 4.43. The summed E-state index contributed by atoms with van der Waals surface area (Å²) < 4.78 is 7.78. The quantitative estimate of drug-likeness (QED) is 0.886. The van der Waals surface area contributed by atoms with Gasteiger partial charge in [0.1, 0.15) is 5.69 Å². The van der Waals surface area contributed by atoms with E-state index in [1.165, 1.54) is 5.56 Å². The Morgan fingerprint density at radius 3 is 2.71 bits per heavy atom. The van der Waals surface area contributed by atoms with Gasteiger partial charge in [0.05, 0.1) is 13.2 Å². The van der Waals surface area contributed by atoms with E-state index in [0.29, 0.717) is 18.8 Å². The minimum atomic E-state index is -1.00. The first-order valence-electron chi connectivity index (χ1n) is 10.2. The van der Waals surface area contributed by atoms with Gasteiger partial charge >= 0.3 is 0 Å². The number of morpholine rings is 1. The molecule has 0 unspecified atom stereocenters. The van der Waals surface area contributed by atoms with Crippen molar-refractivity contribution in [3.05, 3.63) is 35.5 Å². The topological polar surface area (TPSA) is 63.6 Å². The first kappa shape index (κ1) is 19.0. The van der Waals surface area contributed by atoms with Crippen molar-refractivity contribution in [2.45, 2.75) is 51.2 Å². The van der Waals surface area contributed by atoms with Crippen LogP contribution in [0, 0.1) is 6.92 Å². The van der Waals surface area contributed by atoms with E-state index in [0.717, 1.165) is 36.6 Å². The molecule has 2 heterocycles. The van der Waals surface area contributed by atoms with E-state index in [1.807, 2.05) is 30.7 Å². The van der Waals surface area contributed by atoms with E-state index in [1.54, 1.807) is 11.8 Å². The second-order valence-electron chi connectivity index (χ2n) is 8.41. The molecule has 150 valence electrons. The second kappa shape index (κ2) is 7.24. The molecular weight excluding hydrogens is 354 g/mol. The molecule has 2 aliphatic rings. The van der Waals surface area contributed by atoms with Crippen molar-refractivity contribution in [1.29, 1.82) is 0 Å². The zero-order chi connectivity index (χ0) is 19.9. The molecule has 1 aromatic carbocycles. The van der Waals surface area contributed by atoms with E-state index in [4.69, 9.17) is 4.74 Å². The van der Waals surface area contributed by atoms with Gasteiger partial charge in [0.25, 0.3) is 11.8 Å². The summed E-state index contributed by atoms with van der Waals surface area (Å²) in [7, 11) is 1.91. The van der Waals surface area contributed by atoms with Crippen molar-refractivity contribution in [2.24, 2.45) is 7.05 Å². The van der Waals surface area contributed by atoms with Crippen LogP contribution in [-0.4, -0.2) is 52.6 Å². The monoisotopic (exact) mass is 383 g/mol. The fraction of sp³-hybridized carbons (Fsp3) is 0.545. The highest BCUT2D eigenvalue weighted by atomic mass is 16.5. The molecular formula is C22H29N3O3. The van der Waals surface area contributed by atoms with Crippen molar-refractivity contribution in [2.75, 3.05) is 19.7 Å². The Morgan fingerprint density at radius 2 is 1.96 bits per heavy atom. The molecule has 28 heavy (non-hydrogen) atoms. The Kier molecular flexibility index (Phi) is 4.91. The summed E-state index contributed by atoms with van der Waals surface area (Å²) >= 11 is 0. The number of aromatic nitrogens is 1. The van der Waals surface area contributed by atoms with Crippen molar-refractivity contribution in [3.63, 3.8) is 0 Å². The standard InChI is InChI=1S/C22H29N3O3/c1-15-8-9-18-16(12-15)13-19(24(18)3)20(26)25-10-11-28-22(2,14-25)21(27)23-17-6-4-5-7-17/h8-9,12-13,17H,4-7,10-11,14H2,1-3H3,(H,23,27)/t22-/m0/s1. The van der Waals surface area contributed by atoms with Gasteiger partial charge in [-0.3, -0.25) is 9.59 Å². The lowest BCUT2D eigenvalue weighted by atomic mass is 10.0. The molecule has 6 nitrogen and oxygen atoms in total. The Hall–Kier alpha value is -2.34. The third-order valence-corrected chi connectivity index (χ3v) is 6.15. The maximum Gasteiger partial charge on any atom is 0.270 e. The summed E-state index contributed by atoms with van der Waals surface area (Å²) in [5, 5.41) is 4.18. The average Bonchev–Trinajstić information content (AvgIpc) is 3.29. The number of benzene rings is 1. The zero-order valence-corrected chi connectivity index (χ0v) is 17.0. The largest absolute Gasteiger partial charge is 0.362 e. The van der Waals surface area contributed by atoms with Crippen LogP contribution in [0.3, 0.4) is 0 Å². The molecule has 1 aliphatic carbocycles. The molecule has 2 amide bonds. The van der Waals surface area contributed by atoms with Crippen LogP contribution in [0.15, 0.2) is 24.3 Å². The number of hydrogen-bond donors (Lipinski definition) is 1. The molecule has 1 aromatic heterocycles. The number of amides is 2. The van der Waals surface area contributed by atoms with Gasteiger partial charge in [-0.05, 0) is 44.9 Å². The van der Waals surface area contributed by atoms with Crippen LogP contribution in [0.5, 0.6) is 0 Å². The molecule has 4 rings (SSSR count). The Labute approximate surface area is 165 Å². The number of carbonyl (C=O) groups is 2. The summed E-state index contributed by atoms with van der Waals surface area (Å²) in [6.45, 7) is 4.96. The van der Waals surface area contributed by atoms with Gasteiger partial charge in [-0.25, -0.2) is 0 Å². The number of fused-ring (bicyclic) bond motifs is 1. The fourth-order valence-electron chi connectivity index (χ4n) is 4.43. The predicted octanol–water partition coefficient (Wildman–Crippen LogP) is 2.78. The molecule has 1 saturated carbocycles. The predicted molar refractivity (Wildman–Crippen MR) is 108 cm³/mol. The summed E-state index contributed by atoms with van der Waals surface area (Å²) in [4.78, 5) is 27.8. The lowest BCUT2D eigenvalue weighted by molar-refractivity contribution is -0.154. The van der Waals surface area contributed by atoms with Crippen LogP contribution in [0.2, 0.25) is 0 Å².